The van der Waals surface area contributed by atoms with E-state index in [1.54, 1.807) is 12.2 Å². The smallest absolute Gasteiger partial charge is 0.244 e. The van der Waals surface area contributed by atoms with Crippen molar-refractivity contribution in [2.45, 2.75) is 38.8 Å². The Morgan fingerprint density at radius 2 is 1.93 bits per heavy atom. The van der Waals surface area contributed by atoms with Gasteiger partial charge in [0.2, 0.25) is 12.7 Å². The lowest BCUT2D eigenvalue weighted by atomic mass is 9.89. The molecule has 1 amide bonds. The van der Waals surface area contributed by atoms with Crippen LogP contribution in [0.25, 0.3) is 6.08 Å². The van der Waals surface area contributed by atoms with Crippen molar-refractivity contribution in [1.29, 1.82) is 0 Å². The van der Waals surface area contributed by atoms with Gasteiger partial charge in [0, 0.05) is 18.1 Å². The van der Waals surface area contributed by atoms with Crippen LogP contribution in [-0.4, -0.2) is 18.3 Å². The second kappa shape index (κ2) is 6.65. The van der Waals surface area contributed by atoms with E-state index in [4.69, 9.17) is 14.2 Å². The fraction of sp³-hybridized carbons (Fsp3) is 0.318. The lowest BCUT2D eigenvalue weighted by Gasteiger charge is -2.38. The minimum Gasteiger partial charge on any atom is -0.487 e. The number of hydrogen-bond acceptors (Lipinski definition) is 4. The molecule has 5 nitrogen and oxygen atoms in total. The molecule has 0 bridgehead atoms. The molecule has 1 N–H and O–H groups in total. The first kappa shape index (κ1) is 17.5. The van der Waals surface area contributed by atoms with E-state index in [-0.39, 0.29) is 24.3 Å². The highest BCUT2D eigenvalue weighted by molar-refractivity contribution is 5.92. The van der Waals surface area contributed by atoms with Crippen molar-refractivity contribution in [3.63, 3.8) is 0 Å². The van der Waals surface area contributed by atoms with Crippen LogP contribution in [-0.2, 0) is 4.79 Å². The predicted molar refractivity (Wildman–Crippen MR) is 103 cm³/mol. The monoisotopic (exact) mass is 365 g/mol. The molecule has 0 spiro atoms. The summed E-state index contributed by atoms with van der Waals surface area (Å²) in [5.41, 5.74) is 2.71. The van der Waals surface area contributed by atoms with Crippen LogP contribution in [0, 0.1) is 6.92 Å². The summed E-state index contributed by atoms with van der Waals surface area (Å²) in [6.45, 7) is 6.36. The molecule has 1 atom stereocenters. The number of fused-ring (bicyclic) bond motifs is 2. The van der Waals surface area contributed by atoms with E-state index in [1.807, 2.05) is 57.2 Å². The molecule has 0 saturated heterocycles. The zero-order chi connectivity index (χ0) is 19.0. The molecule has 2 aromatic rings. The fourth-order valence-corrected chi connectivity index (χ4v) is 3.50. The van der Waals surface area contributed by atoms with Crippen molar-refractivity contribution in [2.24, 2.45) is 0 Å². The molecule has 0 aromatic heterocycles. The van der Waals surface area contributed by atoms with E-state index in [2.05, 4.69) is 5.32 Å². The molecule has 4 rings (SSSR count). The number of carbonyl (C=O) groups excluding carboxylic acids is 1. The number of ether oxygens (including phenoxy) is 3. The third-order valence-electron chi connectivity index (χ3n) is 4.77. The molecule has 2 aliphatic rings. The summed E-state index contributed by atoms with van der Waals surface area (Å²) in [5.74, 6) is 2.14. The molecule has 2 aliphatic heterocycles. The average Bonchev–Trinajstić information content (AvgIpc) is 3.06. The Hall–Kier alpha value is -2.95. The first-order valence-electron chi connectivity index (χ1n) is 9.07. The topological polar surface area (TPSA) is 56.8 Å². The molecule has 5 heteroatoms. The van der Waals surface area contributed by atoms with Crippen LogP contribution in [0.4, 0.5) is 0 Å². The Bertz CT molecular complexity index is 917. The maximum Gasteiger partial charge on any atom is 0.244 e. The zero-order valence-corrected chi connectivity index (χ0v) is 15.7. The Balaban J connectivity index is 1.49. The van der Waals surface area contributed by atoms with Crippen LogP contribution in [0.3, 0.4) is 0 Å². The van der Waals surface area contributed by atoms with Crippen LogP contribution >= 0.6 is 0 Å². The van der Waals surface area contributed by atoms with Crippen LogP contribution < -0.4 is 19.5 Å². The second-order valence-corrected chi connectivity index (χ2v) is 7.61. The highest BCUT2D eigenvalue weighted by Crippen LogP contribution is 2.40. The van der Waals surface area contributed by atoms with Gasteiger partial charge in [0.1, 0.15) is 11.4 Å². The van der Waals surface area contributed by atoms with Gasteiger partial charge in [-0.1, -0.05) is 18.2 Å². The van der Waals surface area contributed by atoms with Crippen LogP contribution in [0.5, 0.6) is 17.2 Å². The minimum atomic E-state index is -0.334. The molecule has 0 aliphatic carbocycles. The quantitative estimate of drug-likeness (QED) is 0.830. The third kappa shape index (κ3) is 3.77. The summed E-state index contributed by atoms with van der Waals surface area (Å²) < 4.78 is 16.8. The van der Waals surface area contributed by atoms with E-state index in [0.717, 1.165) is 28.2 Å². The molecule has 2 heterocycles. The van der Waals surface area contributed by atoms with Gasteiger partial charge < -0.3 is 19.5 Å². The van der Waals surface area contributed by atoms with Gasteiger partial charge in [-0.25, -0.2) is 0 Å². The Labute approximate surface area is 158 Å². The average molecular weight is 365 g/mol. The van der Waals surface area contributed by atoms with Crippen molar-refractivity contribution >= 4 is 12.0 Å². The lowest BCUT2D eigenvalue weighted by molar-refractivity contribution is -0.117. The maximum absolute atomic E-state index is 12.5. The van der Waals surface area contributed by atoms with Crippen molar-refractivity contribution in [3.8, 4) is 17.2 Å². The third-order valence-corrected chi connectivity index (χ3v) is 4.77. The Morgan fingerprint density at radius 1 is 1.11 bits per heavy atom. The van der Waals surface area contributed by atoms with E-state index >= 15 is 0 Å². The first-order valence-corrected chi connectivity index (χ1v) is 9.07. The van der Waals surface area contributed by atoms with Gasteiger partial charge in [-0.2, -0.15) is 0 Å². The van der Waals surface area contributed by atoms with Crippen molar-refractivity contribution in [1.82, 2.24) is 5.32 Å². The van der Waals surface area contributed by atoms with Gasteiger partial charge in [-0.3, -0.25) is 4.79 Å². The number of aryl methyl sites for hydroxylation is 1. The number of amides is 1. The largest absolute Gasteiger partial charge is 0.487 e. The SMILES string of the molecule is Cc1ccc2c(c1)OC(C)(C)C[C@H]2NC(=O)/C=C/c1ccc2c(c1)OCO2. The molecule has 0 radical (unpaired) electrons. The molecule has 0 unspecified atom stereocenters. The number of benzene rings is 2. The van der Waals surface area contributed by atoms with E-state index in [9.17, 15) is 4.79 Å². The number of rotatable bonds is 3. The molecular formula is C22H23NO4. The molecular weight excluding hydrogens is 342 g/mol. The first-order chi connectivity index (χ1) is 12.9. The standard InChI is InChI=1S/C22H23NO4/c1-14-4-7-16-17(12-22(2,3)27-19(16)10-14)23-21(24)9-6-15-5-8-18-20(11-15)26-13-25-18/h4-11,17H,12-13H2,1-3H3,(H,23,24)/b9-6+/t17-/m1/s1. The number of hydrogen-bond donors (Lipinski definition) is 1. The molecule has 0 fully saturated rings. The van der Waals surface area contributed by atoms with Crippen LogP contribution in [0.2, 0.25) is 0 Å². The Morgan fingerprint density at radius 3 is 2.78 bits per heavy atom. The normalized spacial score (nSPS) is 19.4. The van der Waals surface area contributed by atoms with Crippen molar-refractivity contribution in [2.75, 3.05) is 6.79 Å². The summed E-state index contributed by atoms with van der Waals surface area (Å²) in [4.78, 5) is 12.5. The maximum atomic E-state index is 12.5. The lowest BCUT2D eigenvalue weighted by Crippen LogP contribution is -2.40. The highest BCUT2D eigenvalue weighted by atomic mass is 16.7. The summed E-state index contributed by atoms with van der Waals surface area (Å²) >= 11 is 0. The van der Waals surface area contributed by atoms with Crippen LogP contribution in [0.15, 0.2) is 42.5 Å². The van der Waals surface area contributed by atoms with E-state index in [1.165, 1.54) is 0 Å². The molecule has 27 heavy (non-hydrogen) atoms. The van der Waals surface area contributed by atoms with Crippen molar-refractivity contribution in [3.05, 3.63) is 59.2 Å². The molecule has 140 valence electrons. The van der Waals surface area contributed by atoms with Gasteiger partial charge in [0.05, 0.1) is 6.04 Å². The van der Waals surface area contributed by atoms with Gasteiger partial charge in [0.15, 0.2) is 11.5 Å². The van der Waals surface area contributed by atoms with Crippen molar-refractivity contribution < 1.29 is 19.0 Å². The highest BCUT2D eigenvalue weighted by Gasteiger charge is 2.34. The summed E-state index contributed by atoms with van der Waals surface area (Å²) in [7, 11) is 0. The van der Waals surface area contributed by atoms with Gasteiger partial charge in [-0.15, -0.1) is 0 Å². The zero-order valence-electron chi connectivity index (χ0n) is 15.7. The number of carbonyl (C=O) groups is 1. The van der Waals surface area contributed by atoms with Gasteiger partial charge in [-0.05, 0) is 56.2 Å². The summed E-state index contributed by atoms with van der Waals surface area (Å²) in [6.07, 6.45) is 4.04. The van der Waals surface area contributed by atoms with E-state index in [0.29, 0.717) is 12.2 Å². The molecule has 0 saturated carbocycles. The summed E-state index contributed by atoms with van der Waals surface area (Å²) in [6, 6.07) is 11.6. The predicted octanol–water partition coefficient (Wildman–Crippen LogP) is 4.16. The second-order valence-electron chi connectivity index (χ2n) is 7.61. The summed E-state index contributed by atoms with van der Waals surface area (Å²) in [5, 5.41) is 3.11. The van der Waals surface area contributed by atoms with Gasteiger partial charge >= 0.3 is 0 Å². The van der Waals surface area contributed by atoms with Crippen LogP contribution in [0.1, 0.15) is 43.0 Å². The minimum absolute atomic E-state index is 0.0850. The number of nitrogens with one attached hydrogen (secondary N) is 1. The Kier molecular flexibility index (Phi) is 4.30. The van der Waals surface area contributed by atoms with Gasteiger partial charge in [0.25, 0.3) is 0 Å². The van der Waals surface area contributed by atoms with E-state index < -0.39 is 0 Å². The fourth-order valence-electron chi connectivity index (χ4n) is 3.50. The molecule has 2 aromatic carbocycles.